The topological polar surface area (TPSA) is 58.8 Å². The fraction of sp³-hybridized carbons (Fsp3) is 0.350. The van der Waals surface area contributed by atoms with Crippen molar-refractivity contribution in [1.29, 1.82) is 0 Å². The molecule has 2 N–H and O–H groups in total. The predicted molar refractivity (Wildman–Crippen MR) is 105 cm³/mol. The maximum absolute atomic E-state index is 11.7. The number of rotatable bonds is 5. The zero-order valence-corrected chi connectivity index (χ0v) is 15.7. The van der Waals surface area contributed by atoms with Crippen molar-refractivity contribution in [1.82, 2.24) is 4.90 Å². The molecule has 6 heteroatoms. The molecule has 0 spiro atoms. The summed E-state index contributed by atoms with van der Waals surface area (Å²) in [7, 11) is 1.76. The van der Waals surface area contributed by atoms with Crippen LogP contribution < -0.4 is 10.6 Å². The summed E-state index contributed by atoms with van der Waals surface area (Å²) in [6.45, 7) is 3.80. The molecule has 1 heterocycles. The van der Waals surface area contributed by atoms with Gasteiger partial charge in [-0.25, -0.2) is 0 Å². The number of amides is 1. The average Bonchev–Trinajstić information content (AvgIpc) is 2.68. The molecular weight excluding hydrogens is 350 g/mol. The van der Waals surface area contributed by atoms with Gasteiger partial charge >= 0.3 is 0 Å². The normalized spacial score (nSPS) is 14.3. The Morgan fingerprint density at radius 1 is 1.23 bits per heavy atom. The number of nitrogens with zero attached hydrogens (tertiary/aromatic N) is 2. The van der Waals surface area contributed by atoms with Gasteiger partial charge in [0.1, 0.15) is 0 Å². The third-order valence-electron chi connectivity index (χ3n) is 4.59. The van der Waals surface area contributed by atoms with Gasteiger partial charge in [-0.3, -0.25) is 4.79 Å². The molecule has 0 bridgehead atoms. The Balaban J connectivity index is 1.80. The molecule has 2 aromatic rings. The molecule has 1 aliphatic heterocycles. The molecule has 0 unspecified atom stereocenters. The number of hydrogen-bond donors (Lipinski definition) is 1. The van der Waals surface area contributed by atoms with Crippen molar-refractivity contribution in [2.24, 2.45) is 5.73 Å². The van der Waals surface area contributed by atoms with E-state index >= 15 is 0 Å². The third-order valence-corrected chi connectivity index (χ3v) is 4.90. The van der Waals surface area contributed by atoms with Crippen LogP contribution in [0.2, 0.25) is 5.02 Å². The number of ether oxygens (including phenoxy) is 1. The molecule has 0 atom stereocenters. The first-order valence-electron chi connectivity index (χ1n) is 8.74. The summed E-state index contributed by atoms with van der Waals surface area (Å²) in [6.07, 6.45) is 0. The number of benzene rings is 2. The van der Waals surface area contributed by atoms with E-state index in [9.17, 15) is 4.79 Å². The lowest BCUT2D eigenvalue weighted by Crippen LogP contribution is -2.36. The first-order valence-corrected chi connectivity index (χ1v) is 9.12. The molecular formula is C20H24ClN3O2. The Morgan fingerprint density at radius 2 is 2.00 bits per heavy atom. The molecule has 5 nitrogen and oxygen atoms in total. The number of anilines is 1. The zero-order chi connectivity index (χ0) is 18.5. The molecule has 1 amide bonds. The van der Waals surface area contributed by atoms with Gasteiger partial charge in [-0.15, -0.1) is 0 Å². The molecule has 0 saturated carbocycles. The Labute approximate surface area is 159 Å². The van der Waals surface area contributed by atoms with E-state index in [2.05, 4.69) is 23.1 Å². The first-order chi connectivity index (χ1) is 12.6. The number of morpholine rings is 1. The van der Waals surface area contributed by atoms with E-state index in [0.717, 1.165) is 53.7 Å². The highest BCUT2D eigenvalue weighted by atomic mass is 35.5. The maximum Gasteiger partial charge on any atom is 0.236 e. The van der Waals surface area contributed by atoms with Crippen molar-refractivity contribution in [3.05, 3.63) is 53.1 Å². The summed E-state index contributed by atoms with van der Waals surface area (Å²) < 4.78 is 5.40. The Morgan fingerprint density at radius 3 is 2.69 bits per heavy atom. The van der Waals surface area contributed by atoms with Crippen LogP contribution in [0.1, 0.15) is 5.56 Å². The molecule has 0 aromatic heterocycles. The highest BCUT2D eigenvalue weighted by molar-refractivity contribution is 6.33. The lowest BCUT2D eigenvalue weighted by molar-refractivity contribution is -0.128. The maximum atomic E-state index is 11.7. The first kappa shape index (κ1) is 18.7. The average molecular weight is 374 g/mol. The quantitative estimate of drug-likeness (QED) is 0.875. The van der Waals surface area contributed by atoms with E-state index in [1.54, 1.807) is 11.9 Å². The summed E-state index contributed by atoms with van der Waals surface area (Å²) in [6, 6.07) is 14.3. The van der Waals surface area contributed by atoms with Crippen molar-refractivity contribution < 1.29 is 9.53 Å². The summed E-state index contributed by atoms with van der Waals surface area (Å²) in [4.78, 5) is 15.6. The number of carbonyl (C=O) groups excluding carboxylic acids is 1. The van der Waals surface area contributed by atoms with Gasteiger partial charge in [0.2, 0.25) is 5.91 Å². The minimum atomic E-state index is -0.0803. The number of nitrogens with two attached hydrogens (primary N) is 1. The molecule has 3 rings (SSSR count). The molecule has 0 radical (unpaired) electrons. The fourth-order valence-corrected chi connectivity index (χ4v) is 3.40. The van der Waals surface area contributed by atoms with E-state index < -0.39 is 0 Å². The van der Waals surface area contributed by atoms with Crippen molar-refractivity contribution in [2.45, 2.75) is 6.54 Å². The standard InChI is InChI=1S/C20H24ClN3O2/c1-23(20(25)13-22)14-15-3-2-4-16(11-15)18-6-5-17(12-19(18)21)24-7-9-26-10-8-24/h2-6,11-12H,7-10,13-14,22H2,1H3. The second kappa shape index (κ2) is 8.54. The molecule has 1 saturated heterocycles. The van der Waals surface area contributed by atoms with Crippen LogP contribution in [0.25, 0.3) is 11.1 Å². The zero-order valence-electron chi connectivity index (χ0n) is 15.0. The van der Waals surface area contributed by atoms with Crippen LogP contribution in [0.4, 0.5) is 5.69 Å². The van der Waals surface area contributed by atoms with Crippen LogP contribution in [-0.2, 0) is 16.1 Å². The van der Waals surface area contributed by atoms with E-state index in [-0.39, 0.29) is 12.5 Å². The van der Waals surface area contributed by atoms with Crippen LogP contribution in [0, 0.1) is 0 Å². The second-order valence-electron chi connectivity index (χ2n) is 6.42. The van der Waals surface area contributed by atoms with Crippen molar-refractivity contribution in [3.63, 3.8) is 0 Å². The summed E-state index contributed by atoms with van der Waals surface area (Å²) in [5, 5.41) is 0.720. The molecule has 1 aliphatic rings. The SMILES string of the molecule is CN(Cc1cccc(-c2ccc(N3CCOCC3)cc2Cl)c1)C(=O)CN. The van der Waals surface area contributed by atoms with Gasteiger partial charge in [-0.2, -0.15) is 0 Å². The van der Waals surface area contributed by atoms with E-state index in [1.807, 2.05) is 24.3 Å². The van der Waals surface area contributed by atoms with E-state index in [1.165, 1.54) is 0 Å². The molecule has 138 valence electrons. The Bertz CT molecular complexity index is 775. The lowest BCUT2D eigenvalue weighted by atomic mass is 10.0. The third kappa shape index (κ3) is 4.36. The second-order valence-corrected chi connectivity index (χ2v) is 6.83. The largest absolute Gasteiger partial charge is 0.378 e. The van der Waals surface area contributed by atoms with Gasteiger partial charge in [0.15, 0.2) is 0 Å². The highest BCUT2D eigenvalue weighted by Crippen LogP contribution is 2.32. The molecule has 0 aliphatic carbocycles. The minimum Gasteiger partial charge on any atom is -0.378 e. The van der Waals surface area contributed by atoms with Gasteiger partial charge in [0.05, 0.1) is 24.8 Å². The van der Waals surface area contributed by atoms with Crippen molar-refractivity contribution in [3.8, 4) is 11.1 Å². The van der Waals surface area contributed by atoms with Gasteiger partial charge < -0.3 is 20.3 Å². The van der Waals surface area contributed by atoms with Gasteiger partial charge in [-0.05, 0) is 29.3 Å². The van der Waals surface area contributed by atoms with E-state index in [0.29, 0.717) is 6.54 Å². The van der Waals surface area contributed by atoms with E-state index in [4.69, 9.17) is 22.1 Å². The lowest BCUT2D eigenvalue weighted by Gasteiger charge is -2.29. The van der Waals surface area contributed by atoms with Crippen LogP contribution in [-0.4, -0.2) is 50.7 Å². The minimum absolute atomic E-state index is 0.0189. The van der Waals surface area contributed by atoms with Crippen LogP contribution in [0.5, 0.6) is 0 Å². The molecule has 26 heavy (non-hydrogen) atoms. The van der Waals surface area contributed by atoms with Gasteiger partial charge in [-0.1, -0.05) is 35.9 Å². The molecule has 1 fully saturated rings. The number of hydrogen-bond acceptors (Lipinski definition) is 4. The number of likely N-dealkylation sites (N-methyl/N-ethyl adjacent to an activating group) is 1. The summed E-state index contributed by atoms with van der Waals surface area (Å²) in [5.74, 6) is -0.0803. The summed E-state index contributed by atoms with van der Waals surface area (Å²) >= 11 is 6.58. The smallest absolute Gasteiger partial charge is 0.236 e. The predicted octanol–water partition coefficient (Wildman–Crippen LogP) is 2.76. The summed E-state index contributed by atoms with van der Waals surface area (Å²) in [5.41, 5.74) is 9.60. The van der Waals surface area contributed by atoms with Crippen LogP contribution in [0.3, 0.4) is 0 Å². The Kier molecular flexibility index (Phi) is 6.14. The Hall–Kier alpha value is -2.08. The van der Waals surface area contributed by atoms with Crippen LogP contribution in [0.15, 0.2) is 42.5 Å². The molecule has 2 aromatic carbocycles. The van der Waals surface area contributed by atoms with Crippen molar-refractivity contribution in [2.75, 3.05) is 44.8 Å². The number of carbonyl (C=O) groups is 1. The van der Waals surface area contributed by atoms with Gasteiger partial charge in [0.25, 0.3) is 0 Å². The van der Waals surface area contributed by atoms with Crippen LogP contribution >= 0.6 is 11.6 Å². The monoisotopic (exact) mass is 373 g/mol. The van der Waals surface area contributed by atoms with Gasteiger partial charge in [0, 0.05) is 37.9 Å². The van der Waals surface area contributed by atoms with Crippen molar-refractivity contribution >= 4 is 23.2 Å². The highest BCUT2D eigenvalue weighted by Gasteiger charge is 2.14. The fourth-order valence-electron chi connectivity index (χ4n) is 3.11. The number of halogens is 1.